The number of unbranched alkanes of at least 4 members (excludes halogenated alkanes) is 30. The fourth-order valence-corrected chi connectivity index (χ4v) is 10.1. The van der Waals surface area contributed by atoms with Gasteiger partial charge in [0.05, 0.1) is 0 Å². The first kappa shape index (κ1) is 67.4. The minimum absolute atomic E-state index is 0.237. The summed E-state index contributed by atoms with van der Waals surface area (Å²) in [6.45, 7) is 21.5. The van der Waals surface area contributed by atoms with Crippen molar-refractivity contribution >= 4 is 17.7 Å². The van der Waals surface area contributed by atoms with E-state index in [2.05, 4.69) is 61.6 Å². The highest BCUT2D eigenvalue weighted by atomic mass is 16.2. The molecule has 1 unspecified atom stereocenters. The molecule has 7 nitrogen and oxygen atoms in total. The van der Waals surface area contributed by atoms with Gasteiger partial charge in [0.2, 0.25) is 17.7 Å². The number of nitrogens with zero attached hydrogens (tertiary/aromatic N) is 3. The molecule has 0 spiro atoms. The lowest BCUT2D eigenvalue weighted by Gasteiger charge is -2.24. The quantitative estimate of drug-likeness (QED) is 0.0617. The van der Waals surface area contributed by atoms with E-state index in [1.807, 2.05) is 0 Å². The van der Waals surface area contributed by atoms with Crippen LogP contribution in [0.3, 0.4) is 0 Å². The highest BCUT2D eigenvalue weighted by Gasteiger charge is 2.16. The third-order valence-corrected chi connectivity index (χ3v) is 15.0. The van der Waals surface area contributed by atoms with Crippen molar-refractivity contribution < 1.29 is 14.4 Å². The molecule has 0 aromatic rings. The van der Waals surface area contributed by atoms with Crippen LogP contribution in [-0.4, -0.2) is 84.8 Å². The van der Waals surface area contributed by atoms with Crippen LogP contribution in [0.5, 0.6) is 0 Å². The Bertz CT molecular complexity index is 996. The summed E-state index contributed by atoms with van der Waals surface area (Å²) in [4.78, 5) is 47.1. The van der Waals surface area contributed by atoms with E-state index in [9.17, 15) is 14.4 Å². The summed E-state index contributed by atoms with van der Waals surface area (Å²) in [7, 11) is 0. The Kier molecular flexibility index (Phi) is 52.9. The van der Waals surface area contributed by atoms with Crippen molar-refractivity contribution in [2.45, 2.75) is 324 Å². The van der Waals surface area contributed by atoms with E-state index in [-0.39, 0.29) is 5.91 Å². The molecular formula is C62H124N4O3. The molecule has 3 amide bonds. The molecule has 0 rings (SSSR count). The van der Waals surface area contributed by atoms with Crippen molar-refractivity contribution in [2.75, 3.05) is 52.4 Å². The molecule has 0 aromatic carbocycles. The number of amides is 3. The first-order valence-electron chi connectivity index (χ1n) is 31.4. The fourth-order valence-electron chi connectivity index (χ4n) is 10.1. The van der Waals surface area contributed by atoms with Gasteiger partial charge in [-0.3, -0.25) is 14.4 Å². The van der Waals surface area contributed by atoms with Gasteiger partial charge >= 0.3 is 0 Å². The van der Waals surface area contributed by atoms with Crippen LogP contribution in [0.25, 0.3) is 0 Å². The van der Waals surface area contributed by atoms with Crippen LogP contribution >= 0.6 is 0 Å². The van der Waals surface area contributed by atoms with Crippen LogP contribution < -0.4 is 5.32 Å². The molecule has 0 aliphatic carbocycles. The van der Waals surface area contributed by atoms with Crippen LogP contribution in [0.1, 0.15) is 324 Å². The summed E-state index contributed by atoms with van der Waals surface area (Å²) in [5, 5.41) is 3.31. The van der Waals surface area contributed by atoms with Crippen LogP contribution in [0.4, 0.5) is 0 Å². The molecular weight excluding hydrogens is 849 g/mol. The van der Waals surface area contributed by atoms with Crippen molar-refractivity contribution in [3.8, 4) is 0 Å². The zero-order valence-corrected chi connectivity index (χ0v) is 47.9. The molecule has 0 fully saturated rings. The van der Waals surface area contributed by atoms with Crippen molar-refractivity contribution in [1.82, 2.24) is 20.0 Å². The number of rotatable bonds is 56. The Morgan fingerprint density at radius 1 is 0.304 bits per heavy atom. The zero-order valence-electron chi connectivity index (χ0n) is 47.9. The Morgan fingerprint density at radius 3 is 0.942 bits per heavy atom. The number of hydrogen-bond acceptors (Lipinski definition) is 4. The first-order valence-corrected chi connectivity index (χ1v) is 31.4. The van der Waals surface area contributed by atoms with Crippen LogP contribution in [0.15, 0.2) is 0 Å². The monoisotopic (exact) mass is 973 g/mol. The SMILES string of the molecule is CCCCCCCCN(CCCCCCCC)C(=O)CCCCCN(CCCCCC(=O)NCC(CCCC)CCCCCC)CCCCCC(=O)N(CCCCCCCC)CCCCCCCC. The second-order valence-electron chi connectivity index (χ2n) is 21.8. The Labute approximate surface area is 432 Å². The molecule has 0 radical (unpaired) electrons. The summed E-state index contributed by atoms with van der Waals surface area (Å²) in [5.41, 5.74) is 0. The Hall–Kier alpha value is -1.63. The van der Waals surface area contributed by atoms with Gasteiger partial charge in [0, 0.05) is 52.0 Å². The molecule has 1 atom stereocenters. The Morgan fingerprint density at radius 2 is 0.580 bits per heavy atom. The van der Waals surface area contributed by atoms with Gasteiger partial charge < -0.3 is 20.0 Å². The largest absolute Gasteiger partial charge is 0.356 e. The summed E-state index contributed by atoms with van der Waals surface area (Å²) in [6.07, 6.45) is 52.3. The lowest BCUT2D eigenvalue weighted by atomic mass is 9.95. The maximum Gasteiger partial charge on any atom is 0.222 e. The van der Waals surface area contributed by atoms with E-state index in [0.29, 0.717) is 37.0 Å². The highest BCUT2D eigenvalue weighted by molar-refractivity contribution is 5.76. The fraction of sp³-hybridized carbons (Fsp3) is 0.952. The second kappa shape index (κ2) is 54.2. The van der Waals surface area contributed by atoms with E-state index in [4.69, 9.17) is 0 Å². The van der Waals surface area contributed by atoms with Gasteiger partial charge in [0.1, 0.15) is 0 Å². The predicted molar refractivity (Wildman–Crippen MR) is 303 cm³/mol. The van der Waals surface area contributed by atoms with E-state index < -0.39 is 0 Å². The molecule has 0 aliphatic heterocycles. The average molecular weight is 974 g/mol. The topological polar surface area (TPSA) is 73.0 Å². The standard InChI is InChI=1S/C62H124N4O3/c1-7-13-19-24-28-42-54-65(55-43-29-25-20-14-8-2)61(68)49-37-33-40-52-64(51-39-32-36-48-60(67)63-58-59(46-18-12-6)47-35-23-17-11-5)53-41-34-38-50-62(69)66(56-44-30-26-21-15-9-3)57-45-31-27-22-16-10-4/h59H,7-58H2,1-6H3,(H,63,67). The van der Waals surface area contributed by atoms with Crippen molar-refractivity contribution in [3.63, 3.8) is 0 Å². The molecule has 7 heteroatoms. The maximum absolute atomic E-state index is 13.6. The third-order valence-electron chi connectivity index (χ3n) is 15.0. The smallest absolute Gasteiger partial charge is 0.222 e. The van der Waals surface area contributed by atoms with Crippen LogP contribution in [0, 0.1) is 5.92 Å². The van der Waals surface area contributed by atoms with Gasteiger partial charge in [-0.2, -0.15) is 0 Å². The summed E-state index contributed by atoms with van der Waals surface area (Å²) < 4.78 is 0. The van der Waals surface area contributed by atoms with Gasteiger partial charge in [-0.15, -0.1) is 0 Å². The lowest BCUT2D eigenvalue weighted by Crippen LogP contribution is -2.33. The second-order valence-corrected chi connectivity index (χ2v) is 21.8. The third kappa shape index (κ3) is 45.9. The van der Waals surface area contributed by atoms with Gasteiger partial charge in [0.15, 0.2) is 0 Å². The Balaban J connectivity index is 5.22. The van der Waals surface area contributed by atoms with E-state index in [1.54, 1.807) is 0 Å². The molecule has 0 saturated heterocycles. The molecule has 69 heavy (non-hydrogen) atoms. The molecule has 0 aliphatic rings. The molecule has 0 bridgehead atoms. The number of hydrogen-bond donors (Lipinski definition) is 1. The van der Waals surface area contributed by atoms with Crippen LogP contribution in [-0.2, 0) is 14.4 Å². The predicted octanol–water partition coefficient (Wildman–Crippen LogP) is 18.0. The number of carbonyl (C=O) groups excluding carboxylic acids is 3. The summed E-state index contributed by atoms with van der Waals surface area (Å²) in [6, 6.07) is 0. The maximum atomic E-state index is 13.6. The van der Waals surface area contributed by atoms with Gasteiger partial charge in [-0.1, -0.05) is 228 Å². The van der Waals surface area contributed by atoms with Crippen LogP contribution in [0.2, 0.25) is 0 Å². The number of carbonyl (C=O) groups is 3. The minimum Gasteiger partial charge on any atom is -0.356 e. The van der Waals surface area contributed by atoms with Gasteiger partial charge in [-0.05, 0) is 103 Å². The van der Waals surface area contributed by atoms with Crippen molar-refractivity contribution in [2.24, 2.45) is 5.92 Å². The van der Waals surface area contributed by atoms with Crippen molar-refractivity contribution in [1.29, 1.82) is 0 Å². The molecule has 0 saturated carbocycles. The average Bonchev–Trinajstić information content (AvgIpc) is 3.35. The molecule has 1 N–H and O–H groups in total. The van der Waals surface area contributed by atoms with Crippen molar-refractivity contribution in [3.05, 3.63) is 0 Å². The first-order chi connectivity index (χ1) is 33.9. The van der Waals surface area contributed by atoms with Gasteiger partial charge in [-0.25, -0.2) is 0 Å². The van der Waals surface area contributed by atoms with Gasteiger partial charge in [0.25, 0.3) is 0 Å². The van der Waals surface area contributed by atoms with E-state index in [1.165, 1.54) is 180 Å². The normalized spacial score (nSPS) is 12.0. The minimum atomic E-state index is 0.237. The molecule has 410 valence electrons. The summed E-state index contributed by atoms with van der Waals surface area (Å²) >= 11 is 0. The number of nitrogens with one attached hydrogen (secondary N) is 1. The van der Waals surface area contributed by atoms with E-state index >= 15 is 0 Å². The highest BCUT2D eigenvalue weighted by Crippen LogP contribution is 2.18. The lowest BCUT2D eigenvalue weighted by molar-refractivity contribution is -0.132. The zero-order chi connectivity index (χ0) is 50.5. The van der Waals surface area contributed by atoms with E-state index in [0.717, 1.165) is 136 Å². The summed E-state index contributed by atoms with van der Waals surface area (Å²) in [5.74, 6) is 1.63. The molecule has 0 heterocycles. The molecule has 0 aromatic heterocycles.